The van der Waals surface area contributed by atoms with Gasteiger partial charge < -0.3 is 9.72 Å². The molecule has 0 unspecified atom stereocenters. The second kappa shape index (κ2) is 7.53. The first-order valence-electron chi connectivity index (χ1n) is 8.20. The maximum atomic E-state index is 12.0. The zero-order valence-electron chi connectivity index (χ0n) is 14.2. The molecule has 1 N–H and O–H groups in total. The van der Waals surface area contributed by atoms with Crippen LogP contribution >= 0.6 is 11.6 Å². The first kappa shape index (κ1) is 17.2. The van der Waals surface area contributed by atoms with E-state index in [1.54, 1.807) is 12.1 Å². The Morgan fingerprint density at radius 1 is 1.28 bits per heavy atom. The van der Waals surface area contributed by atoms with Crippen molar-refractivity contribution < 1.29 is 4.79 Å². The van der Waals surface area contributed by atoms with Gasteiger partial charge >= 0.3 is 0 Å². The van der Waals surface area contributed by atoms with Gasteiger partial charge in [0, 0.05) is 23.5 Å². The predicted molar refractivity (Wildman–Crippen MR) is 102 cm³/mol. The zero-order valence-corrected chi connectivity index (χ0v) is 15.0. The Kier molecular flexibility index (Phi) is 5.19. The van der Waals surface area contributed by atoms with E-state index >= 15 is 0 Å². The van der Waals surface area contributed by atoms with Gasteiger partial charge in [-0.15, -0.1) is 0 Å². The third-order valence-electron chi connectivity index (χ3n) is 3.95. The molecule has 0 fully saturated rings. The number of carbonyl (C=O) groups is 1. The molecular formula is C20H20ClN3O. The van der Waals surface area contributed by atoms with E-state index in [-0.39, 0.29) is 5.91 Å². The van der Waals surface area contributed by atoms with E-state index in [1.807, 2.05) is 35.0 Å². The number of carbonyl (C=O) groups excluding carboxylic acids is 1. The normalized spacial score (nSPS) is 11.5. The van der Waals surface area contributed by atoms with E-state index in [9.17, 15) is 4.79 Å². The minimum absolute atomic E-state index is 0.150. The Labute approximate surface area is 152 Å². The van der Waals surface area contributed by atoms with Crippen LogP contribution in [-0.4, -0.2) is 15.3 Å². The number of imidazole rings is 1. The van der Waals surface area contributed by atoms with Crippen molar-refractivity contribution in [3.8, 4) is 0 Å². The van der Waals surface area contributed by atoms with Crippen molar-refractivity contribution in [2.45, 2.75) is 26.3 Å². The molecule has 0 saturated carbocycles. The molecule has 0 aliphatic rings. The van der Waals surface area contributed by atoms with Crippen LogP contribution in [0, 0.1) is 0 Å². The third-order valence-corrected chi connectivity index (χ3v) is 4.18. The Morgan fingerprint density at radius 2 is 2.04 bits per heavy atom. The van der Waals surface area contributed by atoms with Gasteiger partial charge in [-0.2, -0.15) is 0 Å². The van der Waals surface area contributed by atoms with Crippen LogP contribution in [0.1, 0.15) is 36.6 Å². The van der Waals surface area contributed by atoms with Gasteiger partial charge in [0.05, 0.1) is 12.2 Å². The number of aromatic nitrogens is 2. The molecule has 0 bridgehead atoms. The summed E-state index contributed by atoms with van der Waals surface area (Å²) in [6.45, 7) is 4.69. The lowest BCUT2D eigenvalue weighted by molar-refractivity contribution is -0.116. The SMILES string of the molecule is CC(C)c1ccc(/C=C/C(=O)NCc2cn3ccc(Cl)cc3n2)cc1. The van der Waals surface area contributed by atoms with Gasteiger partial charge in [-0.1, -0.05) is 49.7 Å². The Morgan fingerprint density at radius 3 is 2.76 bits per heavy atom. The summed E-state index contributed by atoms with van der Waals surface area (Å²) < 4.78 is 1.87. The first-order chi connectivity index (χ1) is 12.0. The van der Waals surface area contributed by atoms with Crippen molar-refractivity contribution in [3.63, 3.8) is 0 Å². The molecule has 128 valence electrons. The lowest BCUT2D eigenvalue weighted by atomic mass is 10.0. The highest BCUT2D eigenvalue weighted by Crippen LogP contribution is 2.15. The number of pyridine rings is 1. The molecule has 0 radical (unpaired) electrons. The molecule has 2 aromatic heterocycles. The molecule has 25 heavy (non-hydrogen) atoms. The fraction of sp³-hybridized carbons (Fsp3) is 0.200. The van der Waals surface area contributed by atoms with E-state index in [0.717, 1.165) is 16.9 Å². The van der Waals surface area contributed by atoms with Crippen molar-refractivity contribution in [2.24, 2.45) is 0 Å². The Balaban J connectivity index is 1.58. The number of nitrogens with zero attached hydrogens (tertiary/aromatic N) is 2. The Bertz CT molecular complexity index is 910. The van der Waals surface area contributed by atoms with Gasteiger partial charge in [-0.3, -0.25) is 4.79 Å². The average Bonchev–Trinajstić information content (AvgIpc) is 3.00. The van der Waals surface area contributed by atoms with Crippen LogP contribution in [0.4, 0.5) is 0 Å². The quantitative estimate of drug-likeness (QED) is 0.689. The maximum absolute atomic E-state index is 12.0. The fourth-order valence-corrected chi connectivity index (χ4v) is 2.65. The zero-order chi connectivity index (χ0) is 17.8. The van der Waals surface area contributed by atoms with E-state index in [2.05, 4.69) is 36.3 Å². The van der Waals surface area contributed by atoms with Crippen molar-refractivity contribution in [2.75, 3.05) is 0 Å². The molecule has 3 rings (SSSR count). The minimum atomic E-state index is -0.150. The van der Waals surface area contributed by atoms with Crippen LogP contribution in [0.25, 0.3) is 11.7 Å². The standard InChI is InChI=1S/C20H20ClN3O/c1-14(2)16-6-3-15(4-7-16)5-8-20(25)22-12-18-13-24-10-9-17(21)11-19(24)23-18/h3-11,13-14H,12H2,1-2H3,(H,22,25)/b8-5+. The summed E-state index contributed by atoms with van der Waals surface area (Å²) in [5.74, 6) is 0.352. The highest BCUT2D eigenvalue weighted by molar-refractivity contribution is 6.30. The van der Waals surface area contributed by atoms with Crippen LogP contribution < -0.4 is 5.32 Å². The molecule has 4 nitrogen and oxygen atoms in total. The van der Waals surface area contributed by atoms with E-state index in [4.69, 9.17) is 11.6 Å². The second-order valence-corrected chi connectivity index (χ2v) is 6.65. The molecule has 0 spiro atoms. The van der Waals surface area contributed by atoms with Crippen LogP contribution in [0.15, 0.2) is 54.9 Å². The van der Waals surface area contributed by atoms with Gasteiger partial charge in [0.2, 0.25) is 5.91 Å². The largest absolute Gasteiger partial charge is 0.347 e. The lowest BCUT2D eigenvalue weighted by Gasteiger charge is -2.04. The average molecular weight is 354 g/mol. The van der Waals surface area contributed by atoms with Crippen LogP contribution in [0.5, 0.6) is 0 Å². The molecule has 0 saturated heterocycles. The number of rotatable bonds is 5. The molecule has 5 heteroatoms. The highest BCUT2D eigenvalue weighted by atomic mass is 35.5. The molecule has 1 amide bonds. The highest BCUT2D eigenvalue weighted by Gasteiger charge is 2.03. The number of halogens is 1. The number of hydrogen-bond donors (Lipinski definition) is 1. The first-order valence-corrected chi connectivity index (χ1v) is 8.58. The van der Waals surface area contributed by atoms with Crippen molar-refractivity contribution in [3.05, 3.63) is 76.7 Å². The third kappa shape index (κ3) is 4.48. The van der Waals surface area contributed by atoms with Gasteiger partial charge in [-0.25, -0.2) is 4.98 Å². The minimum Gasteiger partial charge on any atom is -0.347 e. The van der Waals surface area contributed by atoms with Crippen molar-refractivity contribution in [1.29, 1.82) is 0 Å². The van der Waals surface area contributed by atoms with E-state index < -0.39 is 0 Å². The molecular weight excluding hydrogens is 334 g/mol. The van der Waals surface area contributed by atoms with Gasteiger partial charge in [0.25, 0.3) is 0 Å². The molecule has 1 aromatic carbocycles. The number of amides is 1. The maximum Gasteiger partial charge on any atom is 0.244 e. The van der Waals surface area contributed by atoms with Crippen molar-refractivity contribution >= 4 is 29.2 Å². The summed E-state index contributed by atoms with van der Waals surface area (Å²) in [5, 5.41) is 3.48. The number of nitrogens with one attached hydrogen (secondary N) is 1. The van der Waals surface area contributed by atoms with Gasteiger partial charge in [0.15, 0.2) is 0 Å². The summed E-state index contributed by atoms with van der Waals surface area (Å²) in [7, 11) is 0. The van der Waals surface area contributed by atoms with Crippen LogP contribution in [0.3, 0.4) is 0 Å². The lowest BCUT2D eigenvalue weighted by Crippen LogP contribution is -2.20. The summed E-state index contributed by atoms with van der Waals surface area (Å²) >= 11 is 5.95. The predicted octanol–water partition coefficient (Wildman–Crippen LogP) is 4.44. The summed E-state index contributed by atoms with van der Waals surface area (Å²) in [6, 6.07) is 11.8. The number of fused-ring (bicyclic) bond motifs is 1. The molecule has 0 aliphatic heterocycles. The molecule has 3 aromatic rings. The molecule has 2 heterocycles. The molecule has 0 atom stereocenters. The topological polar surface area (TPSA) is 46.4 Å². The van der Waals surface area contributed by atoms with Crippen LogP contribution in [-0.2, 0) is 11.3 Å². The smallest absolute Gasteiger partial charge is 0.244 e. The van der Waals surface area contributed by atoms with Crippen LogP contribution in [0.2, 0.25) is 5.02 Å². The monoisotopic (exact) mass is 353 g/mol. The fourth-order valence-electron chi connectivity index (χ4n) is 2.50. The van der Waals surface area contributed by atoms with E-state index in [0.29, 0.717) is 17.5 Å². The summed E-state index contributed by atoms with van der Waals surface area (Å²) in [6.07, 6.45) is 7.07. The molecule has 0 aliphatic carbocycles. The van der Waals surface area contributed by atoms with Gasteiger partial charge in [-0.05, 0) is 35.3 Å². The Hall–Kier alpha value is -2.59. The summed E-state index contributed by atoms with van der Waals surface area (Å²) in [4.78, 5) is 16.4. The van der Waals surface area contributed by atoms with Crippen molar-refractivity contribution in [1.82, 2.24) is 14.7 Å². The second-order valence-electron chi connectivity index (χ2n) is 6.22. The van der Waals surface area contributed by atoms with Gasteiger partial charge in [0.1, 0.15) is 5.65 Å². The number of benzene rings is 1. The summed E-state index contributed by atoms with van der Waals surface area (Å²) in [5.41, 5.74) is 3.83. The number of hydrogen-bond acceptors (Lipinski definition) is 2. The van der Waals surface area contributed by atoms with E-state index in [1.165, 1.54) is 11.6 Å².